The summed E-state index contributed by atoms with van der Waals surface area (Å²) in [7, 11) is 0. The van der Waals surface area contributed by atoms with E-state index in [4.69, 9.17) is 11.6 Å². The maximum Gasteiger partial charge on any atom is 0.253 e. The summed E-state index contributed by atoms with van der Waals surface area (Å²) in [6.45, 7) is 5.40. The van der Waals surface area contributed by atoms with Gasteiger partial charge in [-0.3, -0.25) is 4.79 Å². The van der Waals surface area contributed by atoms with Gasteiger partial charge in [0.1, 0.15) is 0 Å². The second kappa shape index (κ2) is 4.71. The van der Waals surface area contributed by atoms with Crippen molar-refractivity contribution < 1.29 is 4.79 Å². The van der Waals surface area contributed by atoms with E-state index in [-0.39, 0.29) is 5.91 Å². The first-order valence-corrected chi connectivity index (χ1v) is 5.81. The second-order valence-electron chi connectivity index (χ2n) is 3.98. The minimum absolute atomic E-state index is 0.0723. The number of halogens is 1. The summed E-state index contributed by atoms with van der Waals surface area (Å²) in [6.07, 6.45) is 3.90. The van der Waals surface area contributed by atoms with Crippen molar-refractivity contribution in [2.75, 3.05) is 13.1 Å². The van der Waals surface area contributed by atoms with Gasteiger partial charge < -0.3 is 4.90 Å². The summed E-state index contributed by atoms with van der Waals surface area (Å²) in [5, 5.41) is 0.583. The van der Waals surface area contributed by atoms with Gasteiger partial charge in [0.2, 0.25) is 0 Å². The van der Waals surface area contributed by atoms with Crippen molar-refractivity contribution in [3.8, 4) is 0 Å². The van der Waals surface area contributed by atoms with E-state index < -0.39 is 0 Å². The molecule has 0 N–H and O–H groups in total. The highest BCUT2D eigenvalue weighted by atomic mass is 35.5. The molecule has 1 saturated heterocycles. The van der Waals surface area contributed by atoms with Gasteiger partial charge in [-0.25, -0.2) is 0 Å². The van der Waals surface area contributed by atoms with Crippen molar-refractivity contribution in [2.45, 2.75) is 12.8 Å². The lowest BCUT2D eigenvalue weighted by atomic mass is 10.1. The monoisotopic (exact) mass is 235 g/mol. The quantitative estimate of drug-likeness (QED) is 0.771. The SMILES string of the molecule is C=Cc1cc(Cl)cc(C(=O)N2CCCC2)c1. The van der Waals surface area contributed by atoms with Crippen molar-refractivity contribution in [1.29, 1.82) is 0 Å². The van der Waals surface area contributed by atoms with Crippen LogP contribution in [0.15, 0.2) is 24.8 Å². The molecule has 1 aromatic rings. The Balaban J connectivity index is 2.28. The van der Waals surface area contributed by atoms with Crippen LogP contribution in [-0.2, 0) is 0 Å². The molecule has 1 fully saturated rings. The van der Waals surface area contributed by atoms with Gasteiger partial charge in [-0.1, -0.05) is 24.3 Å². The van der Waals surface area contributed by atoms with Gasteiger partial charge in [-0.2, -0.15) is 0 Å². The zero-order valence-electron chi connectivity index (χ0n) is 9.08. The molecule has 2 nitrogen and oxygen atoms in total. The summed E-state index contributed by atoms with van der Waals surface area (Å²) in [5.41, 5.74) is 1.54. The highest BCUT2D eigenvalue weighted by Crippen LogP contribution is 2.19. The van der Waals surface area contributed by atoms with E-state index in [1.807, 2.05) is 11.0 Å². The van der Waals surface area contributed by atoms with Crippen LogP contribution in [-0.4, -0.2) is 23.9 Å². The molecule has 2 rings (SSSR count). The Morgan fingerprint density at radius 3 is 2.62 bits per heavy atom. The van der Waals surface area contributed by atoms with Crippen LogP contribution in [0.4, 0.5) is 0 Å². The number of amides is 1. The van der Waals surface area contributed by atoms with Crippen LogP contribution in [0.25, 0.3) is 6.08 Å². The van der Waals surface area contributed by atoms with E-state index in [9.17, 15) is 4.79 Å². The predicted molar refractivity (Wildman–Crippen MR) is 66.7 cm³/mol. The summed E-state index contributed by atoms with van der Waals surface area (Å²) in [6, 6.07) is 5.35. The van der Waals surface area contributed by atoms with E-state index in [1.165, 1.54) is 0 Å². The Kier molecular flexibility index (Phi) is 3.30. The number of benzene rings is 1. The molecule has 1 aliphatic heterocycles. The number of hydrogen-bond acceptors (Lipinski definition) is 1. The highest BCUT2D eigenvalue weighted by molar-refractivity contribution is 6.31. The van der Waals surface area contributed by atoms with Gasteiger partial charge in [0.15, 0.2) is 0 Å². The number of nitrogens with zero attached hydrogens (tertiary/aromatic N) is 1. The van der Waals surface area contributed by atoms with E-state index in [0.29, 0.717) is 10.6 Å². The van der Waals surface area contributed by atoms with E-state index in [2.05, 4.69) is 6.58 Å². The number of carbonyl (C=O) groups excluding carboxylic acids is 1. The molecule has 3 heteroatoms. The van der Waals surface area contributed by atoms with Crippen LogP contribution in [0.3, 0.4) is 0 Å². The fourth-order valence-corrected chi connectivity index (χ4v) is 2.20. The summed E-state index contributed by atoms with van der Waals surface area (Å²) < 4.78 is 0. The third-order valence-electron chi connectivity index (χ3n) is 2.80. The average molecular weight is 236 g/mol. The zero-order chi connectivity index (χ0) is 11.5. The molecule has 0 saturated carbocycles. The van der Waals surface area contributed by atoms with Gasteiger partial charge in [0.25, 0.3) is 5.91 Å². The first kappa shape index (κ1) is 11.2. The maximum atomic E-state index is 12.1. The highest BCUT2D eigenvalue weighted by Gasteiger charge is 2.19. The zero-order valence-corrected chi connectivity index (χ0v) is 9.83. The van der Waals surface area contributed by atoms with Gasteiger partial charge in [0, 0.05) is 23.7 Å². The molecule has 0 aromatic heterocycles. The molecule has 0 spiro atoms. The van der Waals surface area contributed by atoms with Crippen molar-refractivity contribution in [3.05, 3.63) is 40.9 Å². The third kappa shape index (κ3) is 2.27. The molecule has 1 aliphatic rings. The topological polar surface area (TPSA) is 20.3 Å². The van der Waals surface area contributed by atoms with Crippen LogP contribution in [0.5, 0.6) is 0 Å². The minimum Gasteiger partial charge on any atom is -0.339 e. The molecular formula is C13H14ClNO. The fraction of sp³-hybridized carbons (Fsp3) is 0.308. The van der Waals surface area contributed by atoms with E-state index in [1.54, 1.807) is 18.2 Å². The second-order valence-corrected chi connectivity index (χ2v) is 4.41. The van der Waals surface area contributed by atoms with Gasteiger partial charge in [0.05, 0.1) is 0 Å². The third-order valence-corrected chi connectivity index (χ3v) is 3.01. The van der Waals surface area contributed by atoms with Gasteiger partial charge in [-0.05, 0) is 36.6 Å². The van der Waals surface area contributed by atoms with Gasteiger partial charge in [-0.15, -0.1) is 0 Å². The first-order chi connectivity index (χ1) is 7.70. The standard InChI is InChI=1S/C13H14ClNO/c1-2-10-7-11(9-12(14)8-10)13(16)15-5-3-4-6-15/h2,7-9H,1,3-6H2. The molecule has 0 aliphatic carbocycles. The van der Waals surface area contributed by atoms with Crippen LogP contribution < -0.4 is 0 Å². The van der Waals surface area contributed by atoms with E-state index in [0.717, 1.165) is 31.5 Å². The molecule has 0 atom stereocenters. The molecule has 0 radical (unpaired) electrons. The minimum atomic E-state index is 0.0723. The summed E-state index contributed by atoms with van der Waals surface area (Å²) in [4.78, 5) is 14.0. The Morgan fingerprint density at radius 2 is 2.00 bits per heavy atom. The number of rotatable bonds is 2. The smallest absolute Gasteiger partial charge is 0.253 e. The average Bonchev–Trinajstić information content (AvgIpc) is 2.80. The normalized spacial score (nSPS) is 15.2. The molecule has 0 unspecified atom stereocenters. The molecule has 84 valence electrons. The number of likely N-dealkylation sites (tertiary alicyclic amines) is 1. The maximum absolute atomic E-state index is 12.1. The van der Waals surface area contributed by atoms with E-state index >= 15 is 0 Å². The Morgan fingerprint density at radius 1 is 1.31 bits per heavy atom. The van der Waals surface area contributed by atoms with Crippen LogP contribution in [0.1, 0.15) is 28.8 Å². The Hall–Kier alpha value is -1.28. The number of hydrogen-bond donors (Lipinski definition) is 0. The van der Waals surface area contributed by atoms with Crippen LogP contribution in [0, 0.1) is 0 Å². The summed E-state index contributed by atoms with van der Waals surface area (Å²) in [5.74, 6) is 0.0723. The molecule has 1 amide bonds. The molecule has 16 heavy (non-hydrogen) atoms. The lowest BCUT2D eigenvalue weighted by Gasteiger charge is -2.15. The predicted octanol–water partition coefficient (Wildman–Crippen LogP) is 3.22. The van der Waals surface area contributed by atoms with Crippen LogP contribution in [0.2, 0.25) is 5.02 Å². The van der Waals surface area contributed by atoms with Crippen molar-refractivity contribution in [1.82, 2.24) is 4.90 Å². The fourth-order valence-electron chi connectivity index (χ4n) is 1.96. The first-order valence-electron chi connectivity index (χ1n) is 5.43. The summed E-state index contributed by atoms with van der Waals surface area (Å²) >= 11 is 5.96. The van der Waals surface area contributed by atoms with Crippen molar-refractivity contribution >= 4 is 23.6 Å². The lowest BCUT2D eigenvalue weighted by Crippen LogP contribution is -2.27. The lowest BCUT2D eigenvalue weighted by molar-refractivity contribution is 0.0793. The molecular weight excluding hydrogens is 222 g/mol. The molecule has 1 aromatic carbocycles. The molecule has 1 heterocycles. The number of carbonyl (C=O) groups is 1. The molecule has 0 bridgehead atoms. The Labute approximate surface area is 101 Å². The largest absolute Gasteiger partial charge is 0.339 e. The van der Waals surface area contributed by atoms with Crippen molar-refractivity contribution in [3.63, 3.8) is 0 Å². The van der Waals surface area contributed by atoms with Crippen molar-refractivity contribution in [2.24, 2.45) is 0 Å². The Bertz CT molecular complexity index is 422. The van der Waals surface area contributed by atoms with Gasteiger partial charge >= 0.3 is 0 Å². The van der Waals surface area contributed by atoms with Crippen LogP contribution >= 0.6 is 11.6 Å².